The highest BCUT2D eigenvalue weighted by atomic mass is 32.1. The van der Waals surface area contributed by atoms with Crippen molar-refractivity contribution in [3.05, 3.63) is 62.9 Å². The molecule has 0 amide bonds. The number of nitrogens with zero attached hydrogens (tertiary/aromatic N) is 1. The number of aromatic carboxylic acids is 1. The number of carbonyl (C=O) groups excluding carboxylic acids is 1. The quantitative estimate of drug-likeness (QED) is 0.710. The molecule has 0 saturated carbocycles. The van der Waals surface area contributed by atoms with Crippen LogP contribution in [-0.4, -0.2) is 26.5 Å². The lowest BCUT2D eigenvalue weighted by atomic mass is 10.1. The lowest BCUT2D eigenvalue weighted by molar-refractivity contribution is 0.0699. The number of carbonyl (C=O) groups is 2. The Morgan fingerprint density at radius 3 is 2.50 bits per heavy atom. The Bertz CT molecular complexity index is 1020. The highest BCUT2D eigenvalue weighted by Gasteiger charge is 2.22. The van der Waals surface area contributed by atoms with Gasteiger partial charge in [-0.1, -0.05) is 30.3 Å². The molecule has 0 aliphatic heterocycles. The zero-order chi connectivity index (χ0) is 17.4. The first-order valence-electron chi connectivity index (χ1n) is 7.07. The number of carboxylic acid groups (broad SMARTS) is 1. The van der Waals surface area contributed by atoms with Crippen molar-refractivity contribution in [1.29, 1.82) is 0 Å². The number of pyridine rings is 1. The first kappa shape index (κ1) is 15.9. The Kier molecular flexibility index (Phi) is 3.94. The van der Waals surface area contributed by atoms with Crippen LogP contribution < -0.4 is 5.56 Å². The number of hydrogen-bond acceptors (Lipinski definition) is 5. The lowest BCUT2D eigenvalue weighted by Gasteiger charge is -2.09. The second-order valence-corrected chi connectivity index (χ2v) is 6.34. The predicted octanol–water partition coefficient (Wildman–Crippen LogP) is 2.66. The van der Waals surface area contributed by atoms with Gasteiger partial charge in [-0.25, -0.2) is 4.79 Å². The van der Waals surface area contributed by atoms with E-state index in [1.165, 1.54) is 4.57 Å². The van der Waals surface area contributed by atoms with E-state index in [0.717, 1.165) is 11.3 Å². The van der Waals surface area contributed by atoms with Gasteiger partial charge in [0.25, 0.3) is 5.56 Å². The summed E-state index contributed by atoms with van der Waals surface area (Å²) < 4.78 is 1.63. The topological polar surface area (TPSA) is 96.6 Å². The van der Waals surface area contributed by atoms with E-state index in [2.05, 4.69) is 0 Å². The molecule has 7 heteroatoms. The van der Waals surface area contributed by atoms with E-state index in [-0.39, 0.29) is 22.6 Å². The van der Waals surface area contributed by atoms with Crippen molar-refractivity contribution in [2.45, 2.75) is 13.5 Å². The van der Waals surface area contributed by atoms with E-state index in [9.17, 15) is 19.5 Å². The van der Waals surface area contributed by atoms with Crippen LogP contribution in [0.1, 0.15) is 25.7 Å². The number of carboxylic acids is 1. The second-order valence-electron chi connectivity index (χ2n) is 5.29. The van der Waals surface area contributed by atoms with Crippen molar-refractivity contribution in [3.63, 3.8) is 0 Å². The summed E-state index contributed by atoms with van der Waals surface area (Å²) in [6, 6.07) is 10.2. The molecule has 2 aromatic heterocycles. The largest absolute Gasteiger partial charge is 0.505 e. The lowest BCUT2D eigenvalue weighted by Crippen LogP contribution is -2.26. The second kappa shape index (κ2) is 5.93. The molecule has 2 N–H and O–H groups in total. The molecule has 0 aliphatic rings. The maximum atomic E-state index is 12.6. The number of hydrogen-bond donors (Lipinski definition) is 2. The SMILES string of the molecule is Cc1cc2sc(C(=O)O)c(O)c2c(=O)n1CC(=O)c1ccccc1. The monoisotopic (exact) mass is 343 g/mol. The summed E-state index contributed by atoms with van der Waals surface area (Å²) in [5.74, 6) is -2.08. The van der Waals surface area contributed by atoms with Crippen LogP contribution in [0, 0.1) is 6.92 Å². The number of Topliss-reactive ketones (excluding diaryl/α,β-unsaturated/α-hetero) is 1. The summed E-state index contributed by atoms with van der Waals surface area (Å²) in [5, 5.41) is 19.1. The van der Waals surface area contributed by atoms with Gasteiger partial charge >= 0.3 is 5.97 Å². The maximum absolute atomic E-state index is 12.6. The maximum Gasteiger partial charge on any atom is 0.349 e. The van der Waals surface area contributed by atoms with Gasteiger partial charge in [-0.2, -0.15) is 0 Å². The molecule has 3 aromatic rings. The fourth-order valence-corrected chi connectivity index (χ4v) is 3.53. The molecule has 0 atom stereocenters. The molecule has 2 heterocycles. The molecule has 0 aliphatic carbocycles. The Morgan fingerprint density at radius 1 is 1.21 bits per heavy atom. The molecule has 6 nitrogen and oxygen atoms in total. The zero-order valence-electron chi connectivity index (χ0n) is 12.6. The summed E-state index contributed by atoms with van der Waals surface area (Å²) in [6.45, 7) is 1.48. The van der Waals surface area contributed by atoms with Gasteiger partial charge in [-0.05, 0) is 13.0 Å². The van der Waals surface area contributed by atoms with Crippen molar-refractivity contribution in [3.8, 4) is 5.75 Å². The Hall–Kier alpha value is -2.93. The molecular weight excluding hydrogens is 330 g/mol. The number of rotatable bonds is 4. The molecular formula is C17H13NO5S. The van der Waals surface area contributed by atoms with E-state index in [1.807, 2.05) is 0 Å². The van der Waals surface area contributed by atoms with Gasteiger partial charge in [0.1, 0.15) is 5.39 Å². The fraction of sp³-hybridized carbons (Fsp3) is 0.118. The van der Waals surface area contributed by atoms with Crippen molar-refractivity contribution >= 4 is 33.2 Å². The summed E-state index contributed by atoms with van der Waals surface area (Å²) in [6.07, 6.45) is 0. The first-order valence-corrected chi connectivity index (χ1v) is 7.89. The summed E-state index contributed by atoms with van der Waals surface area (Å²) in [4.78, 5) is 35.8. The van der Waals surface area contributed by atoms with Crippen LogP contribution in [0.15, 0.2) is 41.2 Å². The van der Waals surface area contributed by atoms with Crippen LogP contribution in [0.2, 0.25) is 0 Å². The van der Waals surface area contributed by atoms with E-state index in [4.69, 9.17) is 5.11 Å². The molecule has 1 aromatic carbocycles. The normalized spacial score (nSPS) is 10.9. The van der Waals surface area contributed by atoms with Crippen LogP contribution in [0.5, 0.6) is 5.75 Å². The number of thiophene rings is 1. The minimum atomic E-state index is -1.29. The summed E-state index contributed by atoms with van der Waals surface area (Å²) >= 11 is 0.836. The highest BCUT2D eigenvalue weighted by Crippen LogP contribution is 2.35. The summed E-state index contributed by atoms with van der Waals surface area (Å²) in [5.41, 5.74) is 0.426. The van der Waals surface area contributed by atoms with Gasteiger partial charge < -0.3 is 14.8 Å². The fourth-order valence-electron chi connectivity index (χ4n) is 2.51. The zero-order valence-corrected chi connectivity index (χ0v) is 13.5. The van der Waals surface area contributed by atoms with Crippen LogP contribution in [0.4, 0.5) is 0 Å². The molecule has 0 spiro atoms. The molecule has 122 valence electrons. The molecule has 0 radical (unpaired) electrons. The molecule has 0 bridgehead atoms. The summed E-state index contributed by atoms with van der Waals surface area (Å²) in [7, 11) is 0. The van der Waals surface area contributed by atoms with Gasteiger partial charge in [0.2, 0.25) is 0 Å². The van der Waals surface area contributed by atoms with Crippen LogP contribution in [-0.2, 0) is 6.54 Å². The number of aromatic hydroxyl groups is 1. The Balaban J connectivity index is 2.12. The third-order valence-corrected chi connectivity index (χ3v) is 4.84. The van der Waals surface area contributed by atoms with Crippen LogP contribution in [0.3, 0.4) is 0 Å². The van der Waals surface area contributed by atoms with Crippen molar-refractivity contribution < 1.29 is 19.8 Å². The number of ketones is 1. The molecule has 24 heavy (non-hydrogen) atoms. The van der Waals surface area contributed by atoms with E-state index in [1.54, 1.807) is 43.3 Å². The number of fused-ring (bicyclic) bond motifs is 1. The van der Waals surface area contributed by atoms with E-state index < -0.39 is 17.3 Å². The smallest absolute Gasteiger partial charge is 0.349 e. The molecule has 0 unspecified atom stereocenters. The van der Waals surface area contributed by atoms with E-state index in [0.29, 0.717) is 16.0 Å². The predicted molar refractivity (Wildman–Crippen MR) is 90.2 cm³/mol. The average Bonchev–Trinajstić information content (AvgIpc) is 2.89. The molecule has 0 fully saturated rings. The third-order valence-electron chi connectivity index (χ3n) is 3.73. The minimum Gasteiger partial charge on any atom is -0.505 e. The van der Waals surface area contributed by atoms with Gasteiger partial charge in [0.15, 0.2) is 16.4 Å². The van der Waals surface area contributed by atoms with Gasteiger partial charge in [-0.3, -0.25) is 9.59 Å². The van der Waals surface area contributed by atoms with Crippen molar-refractivity contribution in [2.75, 3.05) is 0 Å². The van der Waals surface area contributed by atoms with Gasteiger partial charge in [0.05, 0.1) is 6.54 Å². The average molecular weight is 343 g/mol. The standard InChI is InChI=1S/C17H13NO5S/c1-9-7-12-13(14(20)15(24-12)17(22)23)16(21)18(9)8-11(19)10-5-3-2-4-6-10/h2-7,20H,8H2,1H3,(H,22,23). The van der Waals surface area contributed by atoms with Crippen molar-refractivity contribution in [1.82, 2.24) is 4.57 Å². The number of benzene rings is 1. The Labute approximate surface area is 140 Å². The third kappa shape index (κ3) is 2.59. The first-order chi connectivity index (χ1) is 11.4. The van der Waals surface area contributed by atoms with Crippen LogP contribution >= 0.6 is 11.3 Å². The number of aryl methyl sites for hydroxylation is 1. The molecule has 3 rings (SSSR count). The van der Waals surface area contributed by atoms with Crippen LogP contribution in [0.25, 0.3) is 10.1 Å². The highest BCUT2D eigenvalue weighted by molar-refractivity contribution is 7.21. The minimum absolute atomic E-state index is 0.0659. The van der Waals surface area contributed by atoms with Gasteiger partial charge in [0, 0.05) is 16.0 Å². The van der Waals surface area contributed by atoms with E-state index >= 15 is 0 Å². The van der Waals surface area contributed by atoms with Crippen molar-refractivity contribution in [2.24, 2.45) is 0 Å². The van der Waals surface area contributed by atoms with Gasteiger partial charge in [-0.15, -0.1) is 11.3 Å². The molecule has 0 saturated heterocycles. The Morgan fingerprint density at radius 2 is 1.88 bits per heavy atom. The number of aromatic nitrogens is 1.